The minimum Gasteiger partial charge on any atom is -0.480 e. The summed E-state index contributed by atoms with van der Waals surface area (Å²) < 4.78 is 0. The highest BCUT2D eigenvalue weighted by molar-refractivity contribution is 5.83. The molecule has 3 N–H and O–H groups in total. The van der Waals surface area contributed by atoms with Gasteiger partial charge in [0.1, 0.15) is 6.04 Å². The summed E-state index contributed by atoms with van der Waals surface area (Å²) in [4.78, 5) is 21.2. The summed E-state index contributed by atoms with van der Waals surface area (Å²) in [5, 5.41) is 19.1. The third-order valence-corrected chi connectivity index (χ3v) is 1.31. The molecule has 0 aromatic carbocycles. The van der Waals surface area contributed by atoms with Gasteiger partial charge in [-0.1, -0.05) is 0 Å². The van der Waals surface area contributed by atoms with Gasteiger partial charge in [-0.15, -0.1) is 12.3 Å². The van der Waals surface area contributed by atoms with Gasteiger partial charge in [-0.2, -0.15) is 0 Å². The molecule has 5 heteroatoms. The van der Waals surface area contributed by atoms with E-state index in [1.807, 2.05) is 0 Å². The molecule has 0 radical (unpaired) electrons. The van der Waals surface area contributed by atoms with Gasteiger partial charge in [0.15, 0.2) is 0 Å². The van der Waals surface area contributed by atoms with Crippen molar-refractivity contribution in [3.63, 3.8) is 0 Å². The van der Waals surface area contributed by atoms with Crippen molar-refractivity contribution in [2.75, 3.05) is 6.61 Å². The Kier molecular flexibility index (Phi) is 5.32. The fourth-order valence-corrected chi connectivity index (χ4v) is 0.638. The van der Waals surface area contributed by atoms with Crippen LogP contribution in [0.15, 0.2) is 0 Å². The van der Waals surface area contributed by atoms with Gasteiger partial charge in [-0.05, 0) is 0 Å². The lowest BCUT2D eigenvalue weighted by atomic mass is 10.2. The number of aliphatic hydroxyl groups excluding tert-OH is 1. The van der Waals surface area contributed by atoms with E-state index in [2.05, 4.69) is 11.2 Å². The molecule has 0 heterocycles. The molecule has 0 saturated heterocycles. The number of hydrogen-bond acceptors (Lipinski definition) is 3. The molecule has 1 atom stereocenters. The maximum absolute atomic E-state index is 10.9. The van der Waals surface area contributed by atoms with E-state index >= 15 is 0 Å². The van der Waals surface area contributed by atoms with Crippen molar-refractivity contribution in [3.05, 3.63) is 0 Å². The highest BCUT2D eigenvalue weighted by Gasteiger charge is 2.17. The SMILES string of the molecule is C#CCCC(=O)N[C@@H](CO)C(=O)O. The van der Waals surface area contributed by atoms with Gasteiger partial charge >= 0.3 is 5.97 Å². The Morgan fingerprint density at radius 1 is 1.54 bits per heavy atom. The van der Waals surface area contributed by atoms with Gasteiger partial charge in [-0.25, -0.2) is 4.79 Å². The van der Waals surface area contributed by atoms with Crippen molar-refractivity contribution in [2.24, 2.45) is 0 Å². The molecule has 0 aliphatic rings. The molecular weight excluding hydrogens is 174 g/mol. The standard InChI is InChI=1S/C8H11NO4/c1-2-3-4-7(11)9-6(5-10)8(12)13/h1,6,10H,3-5H2,(H,9,11)(H,12,13)/t6-/m0/s1. The largest absolute Gasteiger partial charge is 0.480 e. The van der Waals surface area contributed by atoms with Gasteiger partial charge < -0.3 is 15.5 Å². The molecule has 0 unspecified atom stereocenters. The van der Waals surface area contributed by atoms with Crippen LogP contribution in [0.5, 0.6) is 0 Å². The predicted octanol–water partition coefficient (Wildman–Crippen LogP) is -1.04. The second-order valence-electron chi connectivity index (χ2n) is 2.35. The number of terminal acetylenes is 1. The first-order valence-electron chi connectivity index (χ1n) is 3.68. The Labute approximate surface area is 75.8 Å². The zero-order valence-electron chi connectivity index (χ0n) is 6.99. The van der Waals surface area contributed by atoms with Gasteiger partial charge in [0, 0.05) is 12.8 Å². The van der Waals surface area contributed by atoms with Gasteiger partial charge in [0.05, 0.1) is 6.61 Å². The highest BCUT2D eigenvalue weighted by atomic mass is 16.4. The molecule has 0 saturated carbocycles. The van der Waals surface area contributed by atoms with E-state index in [0.717, 1.165) is 0 Å². The maximum Gasteiger partial charge on any atom is 0.328 e. The molecule has 72 valence electrons. The quantitative estimate of drug-likeness (QED) is 0.477. The summed E-state index contributed by atoms with van der Waals surface area (Å²) in [5.41, 5.74) is 0. The fraction of sp³-hybridized carbons (Fsp3) is 0.500. The summed E-state index contributed by atoms with van der Waals surface area (Å²) in [7, 11) is 0. The second kappa shape index (κ2) is 6.03. The number of aliphatic hydroxyl groups is 1. The van der Waals surface area contributed by atoms with Crippen LogP contribution >= 0.6 is 0 Å². The van der Waals surface area contributed by atoms with Crippen molar-refractivity contribution < 1.29 is 19.8 Å². The number of carbonyl (C=O) groups is 2. The zero-order chi connectivity index (χ0) is 10.3. The van der Waals surface area contributed by atoms with Gasteiger partial charge in [0.25, 0.3) is 0 Å². The van der Waals surface area contributed by atoms with Crippen LogP contribution < -0.4 is 5.32 Å². The lowest BCUT2D eigenvalue weighted by Crippen LogP contribution is -2.43. The van der Waals surface area contributed by atoms with Crippen LogP contribution in [0.25, 0.3) is 0 Å². The van der Waals surface area contributed by atoms with Gasteiger partial charge in [-0.3, -0.25) is 4.79 Å². The van der Waals surface area contributed by atoms with Crippen LogP contribution in [-0.2, 0) is 9.59 Å². The van der Waals surface area contributed by atoms with Gasteiger partial charge in [0.2, 0.25) is 5.91 Å². The fourth-order valence-electron chi connectivity index (χ4n) is 0.638. The Balaban J connectivity index is 3.88. The molecule has 0 rings (SSSR count). The molecule has 13 heavy (non-hydrogen) atoms. The van der Waals surface area contributed by atoms with Crippen molar-refractivity contribution in [2.45, 2.75) is 18.9 Å². The smallest absolute Gasteiger partial charge is 0.328 e. The summed E-state index contributed by atoms with van der Waals surface area (Å²) in [6, 6.07) is -1.25. The molecule has 0 aromatic rings. The molecule has 0 spiro atoms. The second-order valence-corrected chi connectivity index (χ2v) is 2.35. The van der Waals surface area contributed by atoms with E-state index in [9.17, 15) is 9.59 Å². The number of carboxylic acids is 1. The van der Waals surface area contributed by atoms with Crippen LogP contribution in [0.2, 0.25) is 0 Å². The van der Waals surface area contributed by atoms with Crippen molar-refractivity contribution >= 4 is 11.9 Å². The molecular formula is C8H11NO4. The minimum absolute atomic E-state index is 0.0697. The molecule has 0 fully saturated rings. The van der Waals surface area contributed by atoms with E-state index in [1.165, 1.54) is 0 Å². The summed E-state index contributed by atoms with van der Waals surface area (Å²) in [5.74, 6) is 0.508. The first kappa shape index (κ1) is 11.5. The first-order chi connectivity index (χ1) is 6.11. The van der Waals surface area contributed by atoms with Crippen LogP contribution in [0.4, 0.5) is 0 Å². The first-order valence-corrected chi connectivity index (χ1v) is 3.68. The monoisotopic (exact) mass is 185 g/mol. The van der Waals surface area contributed by atoms with Crippen LogP contribution in [0, 0.1) is 12.3 Å². The molecule has 0 aromatic heterocycles. The molecule has 1 amide bonds. The highest BCUT2D eigenvalue weighted by Crippen LogP contribution is 1.89. The van der Waals surface area contributed by atoms with E-state index < -0.39 is 24.5 Å². The lowest BCUT2D eigenvalue weighted by molar-refractivity contribution is -0.142. The van der Waals surface area contributed by atoms with Crippen molar-refractivity contribution in [1.82, 2.24) is 5.32 Å². The number of nitrogens with one attached hydrogen (secondary N) is 1. The third kappa shape index (κ3) is 4.82. The maximum atomic E-state index is 10.9. The average Bonchev–Trinajstić information content (AvgIpc) is 2.10. The molecule has 0 aliphatic carbocycles. The number of aliphatic carboxylic acids is 1. The Bertz CT molecular complexity index is 231. The van der Waals surface area contributed by atoms with Crippen LogP contribution in [0.3, 0.4) is 0 Å². The van der Waals surface area contributed by atoms with Crippen LogP contribution in [0.1, 0.15) is 12.8 Å². The average molecular weight is 185 g/mol. The summed E-state index contributed by atoms with van der Waals surface area (Å²) in [6.07, 6.45) is 5.23. The minimum atomic E-state index is -1.27. The lowest BCUT2D eigenvalue weighted by Gasteiger charge is -2.10. The van der Waals surface area contributed by atoms with E-state index in [4.69, 9.17) is 16.6 Å². The number of hydrogen-bond donors (Lipinski definition) is 3. The van der Waals surface area contributed by atoms with Crippen LogP contribution in [-0.4, -0.2) is 34.7 Å². The predicted molar refractivity (Wildman–Crippen MR) is 44.7 cm³/mol. The third-order valence-electron chi connectivity index (χ3n) is 1.31. The normalized spacial score (nSPS) is 11.4. The Hall–Kier alpha value is -1.54. The molecule has 0 aliphatic heterocycles. The number of carboxylic acid groups (broad SMARTS) is 1. The number of amides is 1. The summed E-state index contributed by atoms with van der Waals surface area (Å²) >= 11 is 0. The van der Waals surface area contributed by atoms with Crippen molar-refractivity contribution in [1.29, 1.82) is 0 Å². The molecule has 5 nitrogen and oxygen atoms in total. The molecule has 0 bridgehead atoms. The Morgan fingerprint density at radius 2 is 2.15 bits per heavy atom. The van der Waals surface area contributed by atoms with E-state index in [1.54, 1.807) is 0 Å². The number of carbonyl (C=O) groups excluding carboxylic acids is 1. The van der Waals surface area contributed by atoms with Crippen molar-refractivity contribution in [3.8, 4) is 12.3 Å². The van der Waals surface area contributed by atoms with E-state index in [0.29, 0.717) is 0 Å². The summed E-state index contributed by atoms with van der Waals surface area (Å²) in [6.45, 7) is -0.628. The number of rotatable bonds is 5. The Morgan fingerprint density at radius 3 is 2.54 bits per heavy atom. The topological polar surface area (TPSA) is 86.6 Å². The zero-order valence-corrected chi connectivity index (χ0v) is 6.99. The van der Waals surface area contributed by atoms with E-state index in [-0.39, 0.29) is 12.8 Å².